The maximum atomic E-state index is 12.5. The van der Waals surface area contributed by atoms with E-state index in [4.69, 9.17) is 21.7 Å². The Morgan fingerprint density at radius 3 is 2.33 bits per heavy atom. The fraction of sp³-hybridized carbons (Fsp3) is 0.121. The van der Waals surface area contributed by atoms with Gasteiger partial charge in [-0.15, -0.1) is 0 Å². The van der Waals surface area contributed by atoms with Crippen molar-refractivity contribution >= 4 is 34.6 Å². The summed E-state index contributed by atoms with van der Waals surface area (Å²) in [4.78, 5) is 19.3. The van der Waals surface area contributed by atoms with Crippen LogP contribution in [0.1, 0.15) is 23.5 Å². The van der Waals surface area contributed by atoms with Crippen molar-refractivity contribution in [2.75, 3.05) is 23.9 Å². The van der Waals surface area contributed by atoms with Gasteiger partial charge in [-0.05, 0) is 97.1 Å². The molecule has 8 nitrogen and oxygen atoms in total. The van der Waals surface area contributed by atoms with Crippen LogP contribution in [0.25, 0.3) is 5.69 Å². The van der Waals surface area contributed by atoms with Gasteiger partial charge in [0.2, 0.25) is 0 Å². The third-order valence-corrected chi connectivity index (χ3v) is 7.39. The molecule has 2 atom stereocenters. The maximum Gasteiger partial charge on any atom is 0.262 e. The molecule has 1 fully saturated rings. The Morgan fingerprint density at radius 1 is 0.881 bits per heavy atom. The number of nitrogens with zero attached hydrogens (tertiary/aromatic N) is 3. The van der Waals surface area contributed by atoms with Crippen LogP contribution in [0.4, 0.5) is 11.4 Å². The van der Waals surface area contributed by atoms with Gasteiger partial charge in [0.05, 0.1) is 18.8 Å². The molecule has 0 unspecified atom stereocenters. The van der Waals surface area contributed by atoms with Gasteiger partial charge >= 0.3 is 0 Å². The second-order valence-electron chi connectivity index (χ2n) is 9.69. The Balaban J connectivity index is 1.28. The second kappa shape index (κ2) is 12.2. The number of hydrogen-bond acceptors (Lipinski definition) is 5. The van der Waals surface area contributed by atoms with E-state index >= 15 is 0 Å². The summed E-state index contributed by atoms with van der Waals surface area (Å²) in [5, 5.41) is 7.00. The van der Waals surface area contributed by atoms with Gasteiger partial charge in [0, 0.05) is 35.1 Å². The molecule has 0 saturated carbocycles. The van der Waals surface area contributed by atoms with Crippen molar-refractivity contribution in [3.63, 3.8) is 0 Å². The molecule has 0 bridgehead atoms. The molecule has 0 spiro atoms. The number of nitrogens with one attached hydrogen (secondary N) is 2. The molecule has 3 aromatic carbocycles. The molecule has 5 aromatic rings. The third-order valence-electron chi connectivity index (χ3n) is 7.07. The summed E-state index contributed by atoms with van der Waals surface area (Å²) in [6.45, 7) is -0.0813. The zero-order valence-corrected chi connectivity index (χ0v) is 23.7. The van der Waals surface area contributed by atoms with E-state index in [9.17, 15) is 4.79 Å². The maximum absolute atomic E-state index is 12.5. The van der Waals surface area contributed by atoms with Gasteiger partial charge in [0.25, 0.3) is 5.91 Å². The molecule has 42 heavy (non-hydrogen) atoms. The van der Waals surface area contributed by atoms with E-state index < -0.39 is 0 Å². The van der Waals surface area contributed by atoms with Crippen molar-refractivity contribution in [1.29, 1.82) is 0 Å². The van der Waals surface area contributed by atoms with Gasteiger partial charge in [-0.25, -0.2) is 0 Å². The fourth-order valence-corrected chi connectivity index (χ4v) is 5.46. The zero-order valence-electron chi connectivity index (χ0n) is 22.9. The zero-order chi connectivity index (χ0) is 28.9. The predicted octanol–water partition coefficient (Wildman–Crippen LogP) is 6.08. The molecule has 6 rings (SSSR count). The Hall–Kier alpha value is -5.15. The number of thiocarbonyl (C=S) groups is 1. The molecule has 9 heteroatoms. The van der Waals surface area contributed by atoms with Crippen LogP contribution >= 0.6 is 12.2 Å². The van der Waals surface area contributed by atoms with Crippen molar-refractivity contribution in [1.82, 2.24) is 14.9 Å². The van der Waals surface area contributed by atoms with Gasteiger partial charge in [-0.3, -0.25) is 9.78 Å². The molecule has 2 aromatic heterocycles. The molecule has 1 amide bonds. The predicted molar refractivity (Wildman–Crippen MR) is 167 cm³/mol. The fourth-order valence-electron chi connectivity index (χ4n) is 5.11. The van der Waals surface area contributed by atoms with Crippen LogP contribution in [-0.2, 0) is 4.79 Å². The minimum absolute atomic E-state index is 0.0813. The number of benzene rings is 3. The number of pyridine rings is 1. The van der Waals surface area contributed by atoms with Gasteiger partial charge < -0.3 is 29.6 Å². The number of amides is 1. The van der Waals surface area contributed by atoms with Crippen molar-refractivity contribution in [3.8, 4) is 17.2 Å². The van der Waals surface area contributed by atoms with Gasteiger partial charge in [-0.1, -0.05) is 24.3 Å². The van der Waals surface area contributed by atoms with Crippen LogP contribution < -0.4 is 25.0 Å². The number of anilines is 2. The molecular formula is C33H29N5O3S. The highest BCUT2D eigenvalue weighted by Crippen LogP contribution is 2.42. The number of para-hydroxylation sites is 1. The highest BCUT2D eigenvalue weighted by Gasteiger charge is 2.42. The lowest BCUT2D eigenvalue weighted by Gasteiger charge is -2.29. The highest BCUT2D eigenvalue weighted by molar-refractivity contribution is 7.80. The Morgan fingerprint density at radius 2 is 1.62 bits per heavy atom. The lowest BCUT2D eigenvalue weighted by Crippen LogP contribution is -2.30. The van der Waals surface area contributed by atoms with Gasteiger partial charge in [0.1, 0.15) is 17.5 Å². The lowest BCUT2D eigenvalue weighted by atomic mass is 10.0. The quantitative estimate of drug-likeness (QED) is 0.206. The summed E-state index contributed by atoms with van der Waals surface area (Å²) < 4.78 is 13.1. The van der Waals surface area contributed by atoms with Crippen LogP contribution in [0.5, 0.6) is 11.5 Å². The molecule has 210 valence electrons. The van der Waals surface area contributed by atoms with Crippen LogP contribution in [0.2, 0.25) is 0 Å². The minimum atomic E-state index is -0.240. The third kappa shape index (κ3) is 5.68. The van der Waals surface area contributed by atoms with E-state index in [1.165, 1.54) is 0 Å². The molecule has 0 radical (unpaired) electrons. The van der Waals surface area contributed by atoms with Crippen LogP contribution in [0.15, 0.2) is 122 Å². The number of carbonyl (C=O) groups excluding carboxylic acids is 1. The normalized spacial score (nSPS) is 16.1. The van der Waals surface area contributed by atoms with E-state index in [2.05, 4.69) is 31.2 Å². The van der Waals surface area contributed by atoms with Crippen molar-refractivity contribution < 1.29 is 14.3 Å². The van der Waals surface area contributed by atoms with Crippen molar-refractivity contribution in [2.24, 2.45) is 0 Å². The topological polar surface area (TPSA) is 80.7 Å². The first-order chi connectivity index (χ1) is 20.6. The average molecular weight is 576 g/mol. The Bertz CT molecular complexity index is 1660. The van der Waals surface area contributed by atoms with E-state index in [-0.39, 0.29) is 24.6 Å². The summed E-state index contributed by atoms with van der Waals surface area (Å²) in [5.74, 6) is 1.20. The van der Waals surface area contributed by atoms with E-state index in [0.717, 1.165) is 28.5 Å². The first-order valence-corrected chi connectivity index (χ1v) is 13.9. The molecular weight excluding hydrogens is 546 g/mol. The number of rotatable bonds is 9. The molecule has 0 aliphatic carbocycles. The average Bonchev–Trinajstić information content (AvgIpc) is 3.66. The van der Waals surface area contributed by atoms with Crippen LogP contribution in [-0.4, -0.2) is 34.3 Å². The van der Waals surface area contributed by atoms with Crippen molar-refractivity contribution in [2.45, 2.75) is 12.1 Å². The monoisotopic (exact) mass is 575 g/mol. The molecule has 1 aliphatic rings. The summed E-state index contributed by atoms with van der Waals surface area (Å²) in [5.41, 5.74) is 4.48. The highest BCUT2D eigenvalue weighted by atomic mass is 32.1. The second-order valence-corrected chi connectivity index (χ2v) is 10.1. The number of hydrogen-bond donors (Lipinski definition) is 2. The number of carbonyl (C=O) groups is 1. The van der Waals surface area contributed by atoms with E-state index in [0.29, 0.717) is 16.5 Å². The molecule has 2 N–H and O–H groups in total. The number of methoxy groups -OCH3 is 1. The molecule has 3 heterocycles. The largest absolute Gasteiger partial charge is 0.497 e. The Labute approximate surface area is 249 Å². The van der Waals surface area contributed by atoms with Crippen LogP contribution in [0, 0.1) is 0 Å². The molecule has 1 aliphatic heterocycles. The van der Waals surface area contributed by atoms with E-state index in [1.807, 2.05) is 109 Å². The molecule has 1 saturated heterocycles. The van der Waals surface area contributed by atoms with Gasteiger partial charge in [0.15, 0.2) is 11.7 Å². The minimum Gasteiger partial charge on any atom is -0.497 e. The lowest BCUT2D eigenvalue weighted by molar-refractivity contribution is -0.118. The summed E-state index contributed by atoms with van der Waals surface area (Å²) in [6.07, 6.45) is 3.84. The number of aromatic nitrogens is 2. The summed E-state index contributed by atoms with van der Waals surface area (Å²) >= 11 is 5.90. The van der Waals surface area contributed by atoms with Gasteiger partial charge in [-0.2, -0.15) is 0 Å². The summed E-state index contributed by atoms with van der Waals surface area (Å²) in [6, 6.07) is 34.5. The van der Waals surface area contributed by atoms with Crippen molar-refractivity contribution in [3.05, 3.63) is 133 Å². The standard InChI is InChI=1S/C33H29N5O3S/c1-40-26-18-16-24(17-19-26)37-21-7-11-29(37)32-31(28-10-5-6-20-34-28)36-33(42)38(32)25-14-12-23(13-15-25)35-30(39)22-41-27-8-3-2-4-9-27/h2-21,31-32H,22H2,1H3,(H,35,39)(H,36,42)/t31-,32-/m0/s1. The smallest absolute Gasteiger partial charge is 0.262 e. The van der Waals surface area contributed by atoms with Crippen LogP contribution in [0.3, 0.4) is 0 Å². The Kier molecular flexibility index (Phi) is 7.83. The number of ether oxygens (including phenoxy) is 2. The first kappa shape index (κ1) is 27.0. The first-order valence-electron chi connectivity index (χ1n) is 13.5. The van der Waals surface area contributed by atoms with E-state index in [1.54, 1.807) is 13.3 Å². The summed E-state index contributed by atoms with van der Waals surface area (Å²) in [7, 11) is 1.66. The SMILES string of the molecule is COc1ccc(-n2cccc2[C@H]2[C@H](c3ccccn3)NC(=S)N2c2ccc(NC(=O)COc3ccccc3)cc2)cc1.